The fourth-order valence-electron chi connectivity index (χ4n) is 5.60. The van der Waals surface area contributed by atoms with Crippen LogP contribution in [-0.4, -0.2) is 51.7 Å². The molecular weight excluding hydrogens is 488 g/mol. The van der Waals surface area contributed by atoms with E-state index in [4.69, 9.17) is 18.9 Å². The van der Waals surface area contributed by atoms with Crippen LogP contribution in [0, 0.1) is 0 Å². The zero-order valence-corrected chi connectivity index (χ0v) is 21.3. The van der Waals surface area contributed by atoms with Gasteiger partial charge in [-0.1, -0.05) is 54.6 Å². The molecule has 0 aromatic heterocycles. The first kappa shape index (κ1) is 24.8. The normalized spacial score (nSPS) is 27.2. The fourth-order valence-corrected chi connectivity index (χ4v) is 5.60. The van der Waals surface area contributed by atoms with E-state index in [2.05, 4.69) is 0 Å². The average Bonchev–Trinajstić information content (AvgIpc) is 3.33. The minimum absolute atomic E-state index is 0.0707. The number of hydrogen-bond donors (Lipinski definition) is 2. The molecule has 4 atom stereocenters. The van der Waals surface area contributed by atoms with Crippen LogP contribution in [0.2, 0.25) is 0 Å². The molecule has 3 aliphatic rings. The van der Waals surface area contributed by atoms with Crippen molar-refractivity contribution in [3.05, 3.63) is 94.0 Å². The van der Waals surface area contributed by atoms with Gasteiger partial charge in [-0.3, -0.25) is 9.59 Å². The van der Waals surface area contributed by atoms with E-state index in [1.807, 2.05) is 37.3 Å². The molecule has 0 saturated carbocycles. The summed E-state index contributed by atoms with van der Waals surface area (Å²) in [6.07, 6.45) is -1.86. The molecule has 0 amide bonds. The van der Waals surface area contributed by atoms with Crippen molar-refractivity contribution in [2.24, 2.45) is 0 Å². The van der Waals surface area contributed by atoms with Gasteiger partial charge in [-0.15, -0.1) is 0 Å². The number of rotatable bonds is 5. The van der Waals surface area contributed by atoms with Crippen LogP contribution >= 0.6 is 0 Å². The molecule has 2 heterocycles. The van der Waals surface area contributed by atoms with Crippen LogP contribution in [0.4, 0.5) is 0 Å². The number of carbonyl (C=O) groups is 2. The first-order chi connectivity index (χ1) is 18.1. The van der Waals surface area contributed by atoms with Crippen molar-refractivity contribution in [3.8, 4) is 11.5 Å². The average molecular weight is 517 g/mol. The maximum atomic E-state index is 13.3. The fraction of sp³-hybridized carbons (Fsp3) is 0.333. The summed E-state index contributed by atoms with van der Waals surface area (Å²) < 4.78 is 24.8. The molecule has 8 nitrogen and oxygen atoms in total. The Hall–Kier alpha value is -3.56. The van der Waals surface area contributed by atoms with Gasteiger partial charge in [-0.05, 0) is 32.4 Å². The predicted octanol–water partition coefficient (Wildman–Crippen LogP) is 4.27. The van der Waals surface area contributed by atoms with Crippen molar-refractivity contribution in [2.45, 2.75) is 63.7 Å². The Balaban J connectivity index is 1.36. The van der Waals surface area contributed by atoms with Crippen LogP contribution in [0.1, 0.15) is 63.7 Å². The highest BCUT2D eigenvalue weighted by molar-refractivity contribution is 6.30. The van der Waals surface area contributed by atoms with E-state index in [0.29, 0.717) is 0 Å². The molecule has 0 radical (unpaired) electrons. The number of phenolic OH excluding ortho intramolecular Hbond substituents is 2. The van der Waals surface area contributed by atoms with Gasteiger partial charge in [-0.2, -0.15) is 0 Å². The topological polar surface area (TPSA) is 112 Å². The van der Waals surface area contributed by atoms with Crippen LogP contribution in [0.15, 0.2) is 60.7 Å². The van der Waals surface area contributed by atoms with Crippen molar-refractivity contribution in [1.82, 2.24) is 0 Å². The Labute approximate surface area is 219 Å². The molecule has 3 aromatic rings. The van der Waals surface area contributed by atoms with Gasteiger partial charge in [0.25, 0.3) is 0 Å². The third-order valence-corrected chi connectivity index (χ3v) is 7.59. The van der Waals surface area contributed by atoms with E-state index in [0.717, 1.165) is 5.56 Å². The number of carbonyl (C=O) groups excluding carboxylic acids is 2. The first-order valence-corrected chi connectivity index (χ1v) is 12.5. The van der Waals surface area contributed by atoms with Crippen molar-refractivity contribution in [1.29, 1.82) is 0 Å². The van der Waals surface area contributed by atoms with E-state index >= 15 is 0 Å². The Morgan fingerprint density at radius 1 is 0.868 bits per heavy atom. The molecule has 2 N–H and O–H groups in total. The number of hydrogen-bond acceptors (Lipinski definition) is 8. The molecular formula is C30H28O8. The van der Waals surface area contributed by atoms with Crippen molar-refractivity contribution in [3.63, 3.8) is 0 Å². The van der Waals surface area contributed by atoms with Crippen LogP contribution < -0.4 is 0 Å². The number of ketones is 2. The smallest absolute Gasteiger partial charge is 0.198 e. The second-order valence-electron chi connectivity index (χ2n) is 10.6. The minimum Gasteiger partial charge on any atom is -0.507 e. The van der Waals surface area contributed by atoms with E-state index in [9.17, 15) is 19.8 Å². The third-order valence-electron chi connectivity index (χ3n) is 7.59. The molecule has 3 aromatic carbocycles. The van der Waals surface area contributed by atoms with Gasteiger partial charge in [0.2, 0.25) is 0 Å². The van der Waals surface area contributed by atoms with Crippen LogP contribution in [-0.2, 0) is 32.0 Å². The molecule has 6 rings (SSSR count). The van der Waals surface area contributed by atoms with Crippen LogP contribution in [0.25, 0.3) is 0 Å². The summed E-state index contributed by atoms with van der Waals surface area (Å²) in [5, 5.41) is 22.1. The number of benzene rings is 3. The molecule has 196 valence electrons. The first-order valence-electron chi connectivity index (χ1n) is 12.5. The van der Waals surface area contributed by atoms with Crippen molar-refractivity contribution in [2.75, 3.05) is 0 Å². The SMILES string of the molecule is CC1(C)OC2OC(Cc3cc(O)c4c(c3O)C(=O)c3ccccc3C4=O)C(C)(OCc3ccccc3)C2O1. The van der Waals surface area contributed by atoms with Gasteiger partial charge in [0.15, 0.2) is 23.6 Å². The Bertz CT molecular complexity index is 1450. The van der Waals surface area contributed by atoms with Crippen molar-refractivity contribution < 1.29 is 38.7 Å². The monoisotopic (exact) mass is 516 g/mol. The molecule has 2 saturated heterocycles. The molecule has 4 unspecified atom stereocenters. The number of phenols is 2. The standard InChI is InChI=1S/C30H28O8/c1-29(2)37-27-28(38-29)36-21(30(27,3)35-15-16-9-5-4-6-10-16)14-17-13-20(31)22-23(24(17)32)26(34)19-12-8-7-11-18(19)25(22)33/h4-13,21,27-28,31-32H,14-15H2,1-3H3. The largest absolute Gasteiger partial charge is 0.507 e. The van der Waals surface area contributed by atoms with Crippen LogP contribution in [0.3, 0.4) is 0 Å². The zero-order valence-electron chi connectivity index (χ0n) is 21.3. The summed E-state index contributed by atoms with van der Waals surface area (Å²) >= 11 is 0. The molecule has 38 heavy (non-hydrogen) atoms. The lowest BCUT2D eigenvalue weighted by Gasteiger charge is -2.35. The lowest BCUT2D eigenvalue weighted by atomic mass is 9.81. The van der Waals surface area contributed by atoms with E-state index in [1.54, 1.807) is 26.0 Å². The number of aromatic hydroxyl groups is 2. The van der Waals surface area contributed by atoms with E-state index in [1.165, 1.54) is 18.2 Å². The van der Waals surface area contributed by atoms with E-state index in [-0.39, 0.29) is 52.3 Å². The zero-order chi connectivity index (χ0) is 26.8. The summed E-state index contributed by atoms with van der Waals surface area (Å²) in [4.78, 5) is 26.4. The maximum Gasteiger partial charge on any atom is 0.198 e. The predicted molar refractivity (Wildman–Crippen MR) is 135 cm³/mol. The van der Waals surface area contributed by atoms with Gasteiger partial charge in [0, 0.05) is 23.1 Å². The van der Waals surface area contributed by atoms with Gasteiger partial charge in [-0.25, -0.2) is 0 Å². The molecule has 0 bridgehead atoms. The second-order valence-corrected chi connectivity index (χ2v) is 10.6. The highest BCUT2D eigenvalue weighted by atomic mass is 16.8. The van der Waals surface area contributed by atoms with Gasteiger partial charge in [0.05, 0.1) is 23.8 Å². The Morgan fingerprint density at radius 2 is 1.50 bits per heavy atom. The summed E-state index contributed by atoms with van der Waals surface area (Å²) in [5.41, 5.74) is 0.185. The van der Waals surface area contributed by atoms with Gasteiger partial charge in [0.1, 0.15) is 23.2 Å². The Kier molecular flexibility index (Phi) is 5.70. The summed E-state index contributed by atoms with van der Waals surface area (Å²) in [6.45, 7) is 5.76. The van der Waals surface area contributed by atoms with Crippen LogP contribution in [0.5, 0.6) is 11.5 Å². The number of ether oxygens (including phenoxy) is 4. The quantitative estimate of drug-likeness (QED) is 0.379. The molecule has 0 spiro atoms. The maximum absolute atomic E-state index is 13.3. The molecule has 2 fully saturated rings. The minimum atomic E-state index is -1.00. The highest BCUT2D eigenvalue weighted by Gasteiger charge is 2.62. The second kappa shape index (κ2) is 8.74. The summed E-state index contributed by atoms with van der Waals surface area (Å²) in [7, 11) is 0. The molecule has 2 aliphatic heterocycles. The highest BCUT2D eigenvalue weighted by Crippen LogP contribution is 2.48. The summed E-state index contributed by atoms with van der Waals surface area (Å²) in [6, 6.07) is 17.4. The van der Waals surface area contributed by atoms with Gasteiger partial charge < -0.3 is 29.2 Å². The summed E-state index contributed by atoms with van der Waals surface area (Å²) in [5.74, 6) is -2.64. The lowest BCUT2D eigenvalue weighted by molar-refractivity contribution is -0.235. The van der Waals surface area contributed by atoms with Gasteiger partial charge >= 0.3 is 0 Å². The number of fused-ring (bicyclic) bond motifs is 3. The molecule has 1 aliphatic carbocycles. The van der Waals surface area contributed by atoms with Crippen molar-refractivity contribution >= 4 is 11.6 Å². The van der Waals surface area contributed by atoms with E-state index < -0.39 is 41.5 Å². The molecule has 8 heteroatoms. The Morgan fingerprint density at radius 3 is 2.18 bits per heavy atom. The third kappa shape index (κ3) is 3.84. The lowest BCUT2D eigenvalue weighted by Crippen LogP contribution is -2.49.